The summed E-state index contributed by atoms with van der Waals surface area (Å²) in [4.78, 5) is 57.8. The zero-order chi connectivity index (χ0) is 40.2. The SMILES string of the molecule is CC(C)(C)OC(=O)NC(COCCC(=O)NCCOCCN=[N+]=[N-])(COCCC(=O)NCCOCCN=[N+]=[N-])COCCC(=O)NCCOCCN=[N+]=[N-]. The monoisotopic (exact) mass is 773 g/mol. The lowest BCUT2D eigenvalue weighted by molar-refractivity contribution is -0.123. The third-order valence-corrected chi connectivity index (χ3v) is 6.22. The number of azide groups is 3. The summed E-state index contributed by atoms with van der Waals surface area (Å²) in [7, 11) is 0. The molecule has 0 aromatic carbocycles. The molecular formula is C30H55N13O11. The molecular weight excluding hydrogens is 718 g/mol. The van der Waals surface area contributed by atoms with Crippen molar-refractivity contribution in [2.45, 2.75) is 51.2 Å². The van der Waals surface area contributed by atoms with Crippen LogP contribution in [0.25, 0.3) is 31.3 Å². The summed E-state index contributed by atoms with van der Waals surface area (Å²) in [5, 5.41) is 20.9. The predicted octanol–water partition coefficient (Wildman–Crippen LogP) is 1.80. The van der Waals surface area contributed by atoms with Gasteiger partial charge in [-0.05, 0) is 37.4 Å². The van der Waals surface area contributed by atoms with Crippen LogP contribution in [0, 0.1) is 0 Å². The third-order valence-electron chi connectivity index (χ3n) is 6.22. The van der Waals surface area contributed by atoms with Gasteiger partial charge in [-0.2, -0.15) is 0 Å². The predicted molar refractivity (Wildman–Crippen MR) is 192 cm³/mol. The van der Waals surface area contributed by atoms with Crippen LogP contribution in [-0.4, -0.2) is 154 Å². The van der Waals surface area contributed by atoms with E-state index in [4.69, 9.17) is 49.8 Å². The third kappa shape index (κ3) is 32.1. The van der Waals surface area contributed by atoms with Gasteiger partial charge in [0.05, 0.1) is 79.3 Å². The maximum absolute atomic E-state index is 13.0. The lowest BCUT2D eigenvalue weighted by Crippen LogP contribution is -2.59. The van der Waals surface area contributed by atoms with Gasteiger partial charge < -0.3 is 54.4 Å². The fourth-order valence-electron chi connectivity index (χ4n) is 3.86. The van der Waals surface area contributed by atoms with Crippen LogP contribution in [0.2, 0.25) is 0 Å². The minimum atomic E-state index is -1.37. The molecule has 0 atom stereocenters. The van der Waals surface area contributed by atoms with Gasteiger partial charge in [0.2, 0.25) is 17.7 Å². The van der Waals surface area contributed by atoms with Gasteiger partial charge in [0.1, 0.15) is 11.1 Å². The van der Waals surface area contributed by atoms with Gasteiger partial charge in [-0.3, -0.25) is 14.4 Å². The Labute approximate surface area is 313 Å². The zero-order valence-corrected chi connectivity index (χ0v) is 31.4. The molecule has 24 nitrogen and oxygen atoms in total. The van der Waals surface area contributed by atoms with Crippen molar-refractivity contribution in [1.29, 1.82) is 0 Å². The van der Waals surface area contributed by atoms with Crippen molar-refractivity contribution in [2.24, 2.45) is 15.3 Å². The van der Waals surface area contributed by atoms with Gasteiger partial charge >= 0.3 is 6.09 Å². The highest BCUT2D eigenvalue weighted by molar-refractivity contribution is 5.76. The Kier molecular flexibility index (Phi) is 30.1. The Bertz CT molecular complexity index is 1100. The summed E-state index contributed by atoms with van der Waals surface area (Å²) in [5.74, 6) is -0.942. The van der Waals surface area contributed by atoms with Gasteiger partial charge in [0.25, 0.3) is 0 Å². The number of nitrogens with one attached hydrogen (secondary N) is 4. The smallest absolute Gasteiger partial charge is 0.408 e. The number of rotatable bonds is 34. The summed E-state index contributed by atoms with van der Waals surface area (Å²) in [6, 6.07) is 0. The second-order valence-electron chi connectivity index (χ2n) is 12.1. The van der Waals surface area contributed by atoms with E-state index in [1.807, 2.05) is 0 Å². The van der Waals surface area contributed by atoms with E-state index in [9.17, 15) is 19.2 Å². The molecule has 24 heteroatoms. The van der Waals surface area contributed by atoms with Crippen molar-refractivity contribution >= 4 is 23.8 Å². The van der Waals surface area contributed by atoms with E-state index in [-0.39, 0.29) is 156 Å². The fraction of sp³-hybridized carbons (Fsp3) is 0.867. The molecule has 4 N–H and O–H groups in total. The number of ether oxygens (including phenoxy) is 7. The normalized spacial score (nSPS) is 11.8. The van der Waals surface area contributed by atoms with Crippen molar-refractivity contribution in [1.82, 2.24) is 21.3 Å². The van der Waals surface area contributed by atoms with Crippen molar-refractivity contribution < 1.29 is 52.3 Å². The van der Waals surface area contributed by atoms with Gasteiger partial charge in [-0.15, -0.1) is 0 Å². The first-order chi connectivity index (χ1) is 26.0. The molecule has 0 saturated heterocycles. The number of amides is 4. The number of hydrogen-bond donors (Lipinski definition) is 4. The highest BCUT2D eigenvalue weighted by atomic mass is 16.6. The molecule has 0 aliphatic rings. The molecule has 54 heavy (non-hydrogen) atoms. The highest BCUT2D eigenvalue weighted by Crippen LogP contribution is 2.14. The van der Waals surface area contributed by atoms with E-state index < -0.39 is 17.2 Å². The Morgan fingerprint density at radius 3 is 1.15 bits per heavy atom. The molecule has 0 spiro atoms. The Balaban J connectivity index is 5.31. The minimum Gasteiger partial charge on any atom is -0.444 e. The molecule has 0 aromatic heterocycles. The summed E-state index contributed by atoms with van der Waals surface area (Å²) in [5.41, 5.74) is 22.6. The quantitative estimate of drug-likeness (QED) is 0.0316. The number of carbonyl (C=O) groups is 4. The van der Waals surface area contributed by atoms with E-state index in [1.165, 1.54) is 0 Å². The number of hydrogen-bond acceptors (Lipinski definition) is 14. The second kappa shape index (κ2) is 33.0. The molecule has 0 aliphatic carbocycles. The summed E-state index contributed by atoms with van der Waals surface area (Å²) in [6.45, 7) is 6.95. The molecule has 0 rings (SSSR count). The molecule has 0 saturated carbocycles. The van der Waals surface area contributed by atoms with Crippen LogP contribution < -0.4 is 21.3 Å². The average molecular weight is 774 g/mol. The van der Waals surface area contributed by atoms with Crippen molar-refractivity contribution in [3.05, 3.63) is 31.3 Å². The maximum Gasteiger partial charge on any atom is 0.408 e. The summed E-state index contributed by atoms with van der Waals surface area (Å²) >= 11 is 0. The van der Waals surface area contributed by atoms with Crippen LogP contribution in [0.15, 0.2) is 15.3 Å². The molecule has 4 amide bonds. The van der Waals surface area contributed by atoms with Crippen molar-refractivity contribution in [3.8, 4) is 0 Å². The van der Waals surface area contributed by atoms with Gasteiger partial charge in [-0.25, -0.2) is 4.79 Å². The second-order valence-corrected chi connectivity index (χ2v) is 12.1. The molecule has 306 valence electrons. The van der Waals surface area contributed by atoms with Crippen LogP contribution in [0.1, 0.15) is 40.0 Å². The standard InChI is InChI=1S/C30H55N13O11/c1-29(2,3)54-28(47)40-30(22-51-13-4-25(44)34-7-16-48-19-10-37-41-31,23-52-14-5-26(45)35-8-17-49-20-11-38-42-32)24-53-15-6-27(46)36-9-18-50-21-12-39-43-33/h4-24H2,1-3H3,(H,34,44)(H,35,45)(H,36,46)(H,40,47). The zero-order valence-electron chi connectivity index (χ0n) is 31.4. The van der Waals surface area contributed by atoms with Gasteiger partial charge in [0.15, 0.2) is 0 Å². The van der Waals surface area contributed by atoms with E-state index >= 15 is 0 Å². The van der Waals surface area contributed by atoms with E-state index in [0.29, 0.717) is 0 Å². The molecule has 0 unspecified atom stereocenters. The topological polar surface area (TPSA) is 327 Å². The van der Waals surface area contributed by atoms with Crippen LogP contribution in [0.3, 0.4) is 0 Å². The Morgan fingerprint density at radius 1 is 0.519 bits per heavy atom. The summed E-state index contributed by atoms with van der Waals surface area (Å²) < 4.78 is 38.7. The Hall–Kier alpha value is -4.63. The van der Waals surface area contributed by atoms with Crippen molar-refractivity contribution in [2.75, 3.05) is 119 Å². The van der Waals surface area contributed by atoms with Crippen molar-refractivity contribution in [3.63, 3.8) is 0 Å². The summed E-state index contributed by atoms with van der Waals surface area (Å²) in [6.07, 6.45) is -0.858. The van der Waals surface area contributed by atoms with Crippen LogP contribution in [0.4, 0.5) is 4.79 Å². The first-order valence-electron chi connectivity index (χ1n) is 17.3. The van der Waals surface area contributed by atoms with E-state index in [0.717, 1.165) is 0 Å². The number of carbonyl (C=O) groups excluding carboxylic acids is 4. The lowest BCUT2D eigenvalue weighted by atomic mass is 10.0. The highest BCUT2D eigenvalue weighted by Gasteiger charge is 2.35. The molecule has 0 aliphatic heterocycles. The molecule has 0 fully saturated rings. The van der Waals surface area contributed by atoms with Crippen LogP contribution in [0.5, 0.6) is 0 Å². The first-order valence-corrected chi connectivity index (χ1v) is 17.3. The minimum absolute atomic E-state index is 0.0200. The fourth-order valence-corrected chi connectivity index (χ4v) is 3.86. The van der Waals surface area contributed by atoms with E-state index in [2.05, 4.69) is 51.3 Å². The van der Waals surface area contributed by atoms with Crippen LogP contribution >= 0.6 is 0 Å². The maximum atomic E-state index is 13.0. The average Bonchev–Trinajstić information content (AvgIpc) is 3.11. The largest absolute Gasteiger partial charge is 0.444 e. The molecule has 0 radical (unpaired) electrons. The number of nitrogens with zero attached hydrogens (tertiary/aromatic N) is 9. The first kappa shape index (κ1) is 49.4. The van der Waals surface area contributed by atoms with E-state index in [1.54, 1.807) is 20.8 Å². The van der Waals surface area contributed by atoms with Gasteiger partial charge in [0, 0.05) is 73.3 Å². The molecule has 0 bridgehead atoms. The lowest BCUT2D eigenvalue weighted by Gasteiger charge is -2.35. The Morgan fingerprint density at radius 2 is 0.852 bits per heavy atom. The van der Waals surface area contributed by atoms with Gasteiger partial charge in [-0.1, -0.05) is 15.3 Å². The van der Waals surface area contributed by atoms with Crippen LogP contribution in [-0.2, 0) is 47.5 Å². The molecule has 0 aromatic rings. The molecule has 0 heterocycles. The number of alkyl carbamates (subject to hydrolysis) is 1.